The molecule has 0 aliphatic carbocycles. The Morgan fingerprint density at radius 1 is 1.19 bits per heavy atom. The van der Waals surface area contributed by atoms with E-state index in [-0.39, 0.29) is 5.91 Å². The van der Waals surface area contributed by atoms with Crippen LogP contribution in [0.25, 0.3) is 10.9 Å². The number of aliphatic hydroxyl groups excluding tert-OH is 1. The first-order valence-electron chi connectivity index (χ1n) is 9.02. The lowest BCUT2D eigenvalue weighted by Gasteiger charge is -2.21. The second kappa shape index (κ2) is 8.24. The standard InChI is InChI=1S/C21H25N3O3/c1-13(2)11-19(25)20(22)27-16-9-7-15(8-10-16)23-21(26)18-12-14-5-3-4-6-17(14)24-18/h3-10,12-13,19-20,24-25H,11,22H2,1-2H3,(H,23,26). The molecule has 0 aliphatic heterocycles. The van der Waals surface area contributed by atoms with Gasteiger partial charge in [-0.2, -0.15) is 0 Å². The SMILES string of the molecule is CC(C)CC(O)C(N)Oc1ccc(NC(=O)c2cc3ccccc3[nH]2)cc1. The van der Waals surface area contributed by atoms with Gasteiger partial charge in [0.25, 0.3) is 5.91 Å². The van der Waals surface area contributed by atoms with Gasteiger partial charge in [-0.15, -0.1) is 0 Å². The highest BCUT2D eigenvalue weighted by Crippen LogP contribution is 2.20. The molecule has 0 spiro atoms. The molecule has 2 aromatic carbocycles. The van der Waals surface area contributed by atoms with E-state index < -0.39 is 12.3 Å². The third-order valence-electron chi connectivity index (χ3n) is 4.25. The highest BCUT2D eigenvalue weighted by molar-refractivity contribution is 6.05. The summed E-state index contributed by atoms with van der Waals surface area (Å²) in [5.74, 6) is 0.648. The average Bonchev–Trinajstić information content (AvgIpc) is 3.07. The number of amides is 1. The Morgan fingerprint density at radius 2 is 1.89 bits per heavy atom. The molecule has 3 rings (SSSR count). The molecule has 1 aromatic heterocycles. The first-order valence-corrected chi connectivity index (χ1v) is 9.02. The number of nitrogens with two attached hydrogens (primary N) is 1. The molecule has 5 N–H and O–H groups in total. The van der Waals surface area contributed by atoms with Gasteiger partial charge in [0.05, 0.1) is 0 Å². The number of aromatic nitrogens is 1. The Bertz CT molecular complexity index is 869. The molecule has 1 heterocycles. The lowest BCUT2D eigenvalue weighted by Crippen LogP contribution is -2.40. The molecule has 0 aliphatic rings. The molecular weight excluding hydrogens is 342 g/mol. The quantitative estimate of drug-likeness (QED) is 0.480. The molecule has 0 saturated heterocycles. The van der Waals surface area contributed by atoms with E-state index in [2.05, 4.69) is 10.3 Å². The molecule has 2 unspecified atom stereocenters. The van der Waals surface area contributed by atoms with Crippen LogP contribution in [0.3, 0.4) is 0 Å². The zero-order valence-corrected chi connectivity index (χ0v) is 15.5. The molecule has 0 radical (unpaired) electrons. The van der Waals surface area contributed by atoms with E-state index in [1.807, 2.05) is 44.2 Å². The van der Waals surface area contributed by atoms with Crippen molar-refractivity contribution in [2.75, 3.05) is 5.32 Å². The monoisotopic (exact) mass is 367 g/mol. The third kappa shape index (κ3) is 4.87. The number of hydrogen-bond donors (Lipinski definition) is 4. The molecule has 0 fully saturated rings. The first kappa shape index (κ1) is 18.9. The molecule has 27 heavy (non-hydrogen) atoms. The first-order chi connectivity index (χ1) is 12.9. The maximum atomic E-state index is 12.4. The highest BCUT2D eigenvalue weighted by Gasteiger charge is 2.18. The summed E-state index contributed by atoms with van der Waals surface area (Å²) in [5, 5.41) is 13.8. The second-order valence-corrected chi connectivity index (χ2v) is 7.03. The number of carbonyl (C=O) groups excluding carboxylic acids is 1. The fourth-order valence-corrected chi connectivity index (χ4v) is 2.86. The van der Waals surface area contributed by atoms with Crippen molar-refractivity contribution < 1.29 is 14.6 Å². The summed E-state index contributed by atoms with van der Waals surface area (Å²) in [4.78, 5) is 15.5. The van der Waals surface area contributed by atoms with Crippen molar-refractivity contribution in [3.05, 3.63) is 60.3 Å². The summed E-state index contributed by atoms with van der Waals surface area (Å²) < 4.78 is 5.57. The number of ether oxygens (including phenoxy) is 1. The topological polar surface area (TPSA) is 100 Å². The number of aliphatic hydroxyl groups is 1. The fraction of sp³-hybridized carbons (Fsp3) is 0.286. The summed E-state index contributed by atoms with van der Waals surface area (Å²) in [7, 11) is 0. The van der Waals surface area contributed by atoms with Gasteiger partial charge in [-0.1, -0.05) is 32.0 Å². The van der Waals surface area contributed by atoms with Crippen molar-refractivity contribution >= 4 is 22.5 Å². The predicted molar refractivity (Wildman–Crippen MR) is 107 cm³/mol. The largest absolute Gasteiger partial charge is 0.473 e. The van der Waals surface area contributed by atoms with E-state index in [0.717, 1.165) is 10.9 Å². The fourth-order valence-electron chi connectivity index (χ4n) is 2.86. The van der Waals surface area contributed by atoms with Gasteiger partial charge >= 0.3 is 0 Å². The average molecular weight is 367 g/mol. The Kier molecular flexibility index (Phi) is 5.78. The van der Waals surface area contributed by atoms with Crippen LogP contribution in [0.1, 0.15) is 30.8 Å². The Morgan fingerprint density at radius 3 is 2.56 bits per heavy atom. The molecule has 2 atom stereocenters. The maximum absolute atomic E-state index is 12.4. The van der Waals surface area contributed by atoms with Gasteiger partial charge in [0.15, 0.2) is 6.23 Å². The van der Waals surface area contributed by atoms with Crippen LogP contribution >= 0.6 is 0 Å². The van der Waals surface area contributed by atoms with Crippen molar-refractivity contribution in [2.45, 2.75) is 32.6 Å². The van der Waals surface area contributed by atoms with Crippen LogP contribution < -0.4 is 15.8 Å². The van der Waals surface area contributed by atoms with Crippen LogP contribution in [0, 0.1) is 5.92 Å². The zero-order chi connectivity index (χ0) is 19.4. The van der Waals surface area contributed by atoms with Crippen LogP contribution in [-0.2, 0) is 0 Å². The molecule has 0 bridgehead atoms. The van der Waals surface area contributed by atoms with Crippen molar-refractivity contribution in [2.24, 2.45) is 11.7 Å². The normalized spacial score (nSPS) is 13.5. The summed E-state index contributed by atoms with van der Waals surface area (Å²) in [6.07, 6.45) is -0.953. The lowest BCUT2D eigenvalue weighted by molar-refractivity contribution is 0.0268. The molecule has 3 aromatic rings. The Hall–Kier alpha value is -2.83. The molecule has 142 valence electrons. The van der Waals surface area contributed by atoms with Gasteiger partial charge in [0, 0.05) is 16.6 Å². The summed E-state index contributed by atoms with van der Waals surface area (Å²) in [6.45, 7) is 4.03. The number of carbonyl (C=O) groups is 1. The van der Waals surface area contributed by atoms with Crippen molar-refractivity contribution in [3.8, 4) is 5.75 Å². The molecule has 6 heteroatoms. The van der Waals surface area contributed by atoms with Gasteiger partial charge in [-0.05, 0) is 48.7 Å². The van der Waals surface area contributed by atoms with E-state index in [1.165, 1.54) is 0 Å². The number of rotatable bonds is 7. The van der Waals surface area contributed by atoms with Gasteiger partial charge in [0.2, 0.25) is 0 Å². The van der Waals surface area contributed by atoms with E-state index in [4.69, 9.17) is 10.5 Å². The van der Waals surface area contributed by atoms with Crippen molar-refractivity contribution in [1.82, 2.24) is 4.98 Å². The number of anilines is 1. The van der Waals surface area contributed by atoms with Crippen LogP contribution in [0.4, 0.5) is 5.69 Å². The molecule has 6 nitrogen and oxygen atoms in total. The van der Waals surface area contributed by atoms with Crippen LogP contribution in [0.15, 0.2) is 54.6 Å². The smallest absolute Gasteiger partial charge is 0.272 e. The Balaban J connectivity index is 1.60. The highest BCUT2D eigenvalue weighted by atomic mass is 16.5. The van der Waals surface area contributed by atoms with E-state index >= 15 is 0 Å². The van der Waals surface area contributed by atoms with Crippen molar-refractivity contribution in [3.63, 3.8) is 0 Å². The maximum Gasteiger partial charge on any atom is 0.272 e. The number of benzene rings is 2. The summed E-state index contributed by atoms with van der Waals surface area (Å²) in [6, 6.07) is 16.4. The number of aromatic amines is 1. The second-order valence-electron chi connectivity index (χ2n) is 7.03. The van der Waals surface area contributed by atoms with Gasteiger partial charge in [-0.25, -0.2) is 0 Å². The molecular formula is C21H25N3O3. The van der Waals surface area contributed by atoms with Gasteiger partial charge in [-0.3, -0.25) is 10.5 Å². The van der Waals surface area contributed by atoms with Gasteiger partial charge in [0.1, 0.15) is 17.5 Å². The third-order valence-corrected chi connectivity index (χ3v) is 4.25. The number of para-hydroxylation sites is 1. The molecule has 1 amide bonds. The Labute approximate surface area is 158 Å². The number of hydrogen-bond acceptors (Lipinski definition) is 4. The minimum atomic E-state index is -0.792. The van der Waals surface area contributed by atoms with Crippen LogP contribution in [0.5, 0.6) is 5.75 Å². The number of fused-ring (bicyclic) bond motifs is 1. The summed E-state index contributed by atoms with van der Waals surface area (Å²) >= 11 is 0. The summed E-state index contributed by atoms with van der Waals surface area (Å²) in [5.41, 5.74) is 7.94. The predicted octanol–water partition coefficient (Wildman–Crippen LogP) is 3.49. The number of H-pyrrole nitrogens is 1. The van der Waals surface area contributed by atoms with Crippen molar-refractivity contribution in [1.29, 1.82) is 0 Å². The number of nitrogens with one attached hydrogen (secondary N) is 2. The van der Waals surface area contributed by atoms with Gasteiger partial charge < -0.3 is 20.1 Å². The van der Waals surface area contributed by atoms with Crippen LogP contribution in [-0.4, -0.2) is 28.3 Å². The van der Waals surface area contributed by atoms with E-state index in [9.17, 15) is 9.90 Å². The zero-order valence-electron chi connectivity index (χ0n) is 15.5. The van der Waals surface area contributed by atoms with E-state index in [0.29, 0.717) is 29.5 Å². The minimum Gasteiger partial charge on any atom is -0.473 e. The van der Waals surface area contributed by atoms with Crippen LogP contribution in [0.2, 0.25) is 0 Å². The molecule has 0 saturated carbocycles. The van der Waals surface area contributed by atoms with E-state index in [1.54, 1.807) is 24.3 Å². The lowest BCUT2D eigenvalue weighted by atomic mass is 10.1. The minimum absolute atomic E-state index is 0.219.